The van der Waals surface area contributed by atoms with Gasteiger partial charge in [-0.2, -0.15) is 4.31 Å². The number of halogens is 1. The van der Waals surface area contributed by atoms with E-state index in [2.05, 4.69) is 15.9 Å². The van der Waals surface area contributed by atoms with Crippen molar-refractivity contribution >= 4 is 32.0 Å². The largest absolute Gasteiger partial charge is 0.492 e. The molecule has 0 aliphatic carbocycles. The minimum absolute atomic E-state index is 0.186. The molecular formula is C16H23BrN2O5S. The zero-order chi connectivity index (χ0) is 18.4. The van der Waals surface area contributed by atoms with Gasteiger partial charge in [0.05, 0.1) is 22.6 Å². The van der Waals surface area contributed by atoms with Gasteiger partial charge in [0.15, 0.2) is 0 Å². The SMILES string of the molecule is CCCOc1cc(S(=O)(=O)N2CCN(C(=O)OCC)CC2)ccc1Br. The summed E-state index contributed by atoms with van der Waals surface area (Å²) in [5, 5.41) is 0. The number of carbonyl (C=O) groups excluding carboxylic acids is 1. The Morgan fingerprint density at radius 2 is 1.88 bits per heavy atom. The van der Waals surface area contributed by atoms with Crippen molar-refractivity contribution in [3.8, 4) is 5.75 Å². The summed E-state index contributed by atoms with van der Waals surface area (Å²) in [5.41, 5.74) is 0. The molecule has 1 aromatic rings. The van der Waals surface area contributed by atoms with E-state index in [0.29, 0.717) is 36.5 Å². The van der Waals surface area contributed by atoms with Gasteiger partial charge in [0.1, 0.15) is 5.75 Å². The molecule has 0 unspecified atom stereocenters. The summed E-state index contributed by atoms with van der Waals surface area (Å²) in [7, 11) is -3.63. The van der Waals surface area contributed by atoms with Gasteiger partial charge in [-0.1, -0.05) is 6.92 Å². The molecule has 140 valence electrons. The normalized spacial score (nSPS) is 15.9. The lowest BCUT2D eigenvalue weighted by molar-refractivity contribution is 0.0934. The molecule has 0 bridgehead atoms. The number of sulfonamides is 1. The van der Waals surface area contributed by atoms with Crippen LogP contribution in [0.15, 0.2) is 27.6 Å². The number of rotatable bonds is 6. The highest BCUT2D eigenvalue weighted by molar-refractivity contribution is 9.10. The highest BCUT2D eigenvalue weighted by Gasteiger charge is 2.31. The van der Waals surface area contributed by atoms with Gasteiger partial charge in [0.25, 0.3) is 0 Å². The van der Waals surface area contributed by atoms with Crippen LogP contribution in [0.25, 0.3) is 0 Å². The number of nitrogens with zero attached hydrogens (tertiary/aromatic N) is 2. The molecule has 1 aliphatic rings. The maximum Gasteiger partial charge on any atom is 0.409 e. The molecule has 25 heavy (non-hydrogen) atoms. The third-order valence-corrected chi connectivity index (χ3v) is 6.32. The Morgan fingerprint density at radius 3 is 2.48 bits per heavy atom. The molecule has 1 amide bonds. The fourth-order valence-corrected chi connectivity index (χ4v) is 4.24. The molecule has 0 atom stereocenters. The van der Waals surface area contributed by atoms with Crippen LogP contribution in [-0.2, 0) is 14.8 Å². The van der Waals surface area contributed by atoms with Crippen LogP contribution in [0.3, 0.4) is 0 Å². The number of piperazine rings is 1. The second kappa shape index (κ2) is 8.86. The molecule has 9 heteroatoms. The zero-order valence-corrected chi connectivity index (χ0v) is 16.8. The molecule has 0 radical (unpaired) electrons. The van der Waals surface area contributed by atoms with Crippen LogP contribution in [0.1, 0.15) is 20.3 Å². The van der Waals surface area contributed by atoms with Crippen molar-refractivity contribution in [1.29, 1.82) is 0 Å². The minimum Gasteiger partial charge on any atom is -0.492 e. The van der Waals surface area contributed by atoms with Gasteiger partial charge < -0.3 is 14.4 Å². The van der Waals surface area contributed by atoms with E-state index < -0.39 is 16.1 Å². The van der Waals surface area contributed by atoms with Crippen LogP contribution in [-0.4, -0.2) is 63.1 Å². The maximum atomic E-state index is 12.8. The van der Waals surface area contributed by atoms with Crippen molar-refractivity contribution < 1.29 is 22.7 Å². The molecule has 0 N–H and O–H groups in total. The quantitative estimate of drug-likeness (QED) is 0.687. The molecule has 0 spiro atoms. The molecular weight excluding hydrogens is 412 g/mol. The van der Waals surface area contributed by atoms with Crippen molar-refractivity contribution in [1.82, 2.24) is 9.21 Å². The van der Waals surface area contributed by atoms with E-state index in [1.54, 1.807) is 19.1 Å². The summed E-state index contributed by atoms with van der Waals surface area (Å²) in [6.45, 7) is 5.64. The van der Waals surface area contributed by atoms with Crippen LogP contribution in [0.2, 0.25) is 0 Å². The molecule has 0 saturated carbocycles. The topological polar surface area (TPSA) is 76.2 Å². The monoisotopic (exact) mass is 434 g/mol. The van der Waals surface area contributed by atoms with Crippen molar-refractivity contribution in [2.24, 2.45) is 0 Å². The first-order valence-corrected chi connectivity index (χ1v) is 10.5. The van der Waals surface area contributed by atoms with Gasteiger partial charge in [-0.3, -0.25) is 0 Å². The summed E-state index contributed by atoms with van der Waals surface area (Å²) >= 11 is 3.37. The predicted molar refractivity (Wildman–Crippen MR) is 97.3 cm³/mol. The van der Waals surface area contributed by atoms with E-state index >= 15 is 0 Å². The number of ether oxygens (including phenoxy) is 2. The standard InChI is InChI=1S/C16H23BrN2O5S/c1-3-11-24-15-12-13(5-6-14(15)17)25(21,22)19-9-7-18(8-10-19)16(20)23-4-2/h5-6,12H,3-4,7-11H2,1-2H3. The first-order chi connectivity index (χ1) is 11.9. The van der Waals surface area contributed by atoms with Gasteiger partial charge >= 0.3 is 6.09 Å². The second-order valence-corrected chi connectivity index (χ2v) is 8.32. The van der Waals surface area contributed by atoms with E-state index in [9.17, 15) is 13.2 Å². The molecule has 1 saturated heterocycles. The summed E-state index contributed by atoms with van der Waals surface area (Å²) < 4.78 is 38.3. The highest BCUT2D eigenvalue weighted by atomic mass is 79.9. The highest BCUT2D eigenvalue weighted by Crippen LogP contribution is 2.29. The number of carbonyl (C=O) groups is 1. The number of amides is 1. The van der Waals surface area contributed by atoms with Gasteiger partial charge in [-0.05, 0) is 41.4 Å². The second-order valence-electron chi connectivity index (χ2n) is 5.53. The Morgan fingerprint density at radius 1 is 1.20 bits per heavy atom. The number of hydrogen-bond acceptors (Lipinski definition) is 5. The van der Waals surface area contributed by atoms with E-state index in [-0.39, 0.29) is 18.0 Å². The Labute approximate surface area is 157 Å². The Kier molecular flexibility index (Phi) is 7.09. The van der Waals surface area contributed by atoms with Crippen molar-refractivity contribution in [2.75, 3.05) is 39.4 Å². The van der Waals surface area contributed by atoms with E-state index in [4.69, 9.17) is 9.47 Å². The predicted octanol–water partition coefficient (Wildman–Crippen LogP) is 2.70. The molecule has 1 fully saturated rings. The number of benzene rings is 1. The lowest BCUT2D eigenvalue weighted by Gasteiger charge is -2.33. The van der Waals surface area contributed by atoms with Gasteiger partial charge in [-0.15, -0.1) is 0 Å². The third-order valence-electron chi connectivity index (χ3n) is 3.77. The molecule has 1 aliphatic heterocycles. The minimum atomic E-state index is -3.63. The van der Waals surface area contributed by atoms with Crippen LogP contribution in [0.5, 0.6) is 5.75 Å². The molecule has 1 aromatic carbocycles. The lowest BCUT2D eigenvalue weighted by Crippen LogP contribution is -2.50. The fourth-order valence-electron chi connectivity index (χ4n) is 2.44. The molecule has 2 rings (SSSR count). The van der Waals surface area contributed by atoms with Crippen LogP contribution >= 0.6 is 15.9 Å². The summed E-state index contributed by atoms with van der Waals surface area (Å²) in [6, 6.07) is 4.76. The average molecular weight is 435 g/mol. The number of hydrogen-bond donors (Lipinski definition) is 0. The fraction of sp³-hybridized carbons (Fsp3) is 0.562. The van der Waals surface area contributed by atoms with Crippen molar-refractivity contribution in [2.45, 2.75) is 25.2 Å². The summed E-state index contributed by atoms with van der Waals surface area (Å²) in [4.78, 5) is 13.4. The first kappa shape index (κ1) is 20.0. The maximum absolute atomic E-state index is 12.8. The molecule has 0 aromatic heterocycles. The summed E-state index contributed by atoms with van der Waals surface area (Å²) in [5.74, 6) is 0.507. The van der Waals surface area contributed by atoms with Crippen LogP contribution in [0.4, 0.5) is 4.79 Å². The Bertz CT molecular complexity index is 702. The van der Waals surface area contributed by atoms with Gasteiger partial charge in [0.2, 0.25) is 10.0 Å². The van der Waals surface area contributed by atoms with E-state index in [0.717, 1.165) is 6.42 Å². The van der Waals surface area contributed by atoms with Crippen LogP contribution in [0, 0.1) is 0 Å². The van der Waals surface area contributed by atoms with Gasteiger partial charge in [-0.25, -0.2) is 13.2 Å². The lowest BCUT2D eigenvalue weighted by atomic mass is 10.3. The van der Waals surface area contributed by atoms with E-state index in [1.807, 2.05) is 6.92 Å². The smallest absolute Gasteiger partial charge is 0.409 e. The van der Waals surface area contributed by atoms with Crippen molar-refractivity contribution in [3.63, 3.8) is 0 Å². The van der Waals surface area contributed by atoms with Gasteiger partial charge in [0, 0.05) is 32.2 Å². The van der Waals surface area contributed by atoms with Crippen LogP contribution < -0.4 is 4.74 Å². The molecule has 1 heterocycles. The Balaban J connectivity index is 2.10. The average Bonchev–Trinajstić information content (AvgIpc) is 2.61. The van der Waals surface area contributed by atoms with E-state index in [1.165, 1.54) is 15.3 Å². The first-order valence-electron chi connectivity index (χ1n) is 8.24. The molecule has 7 nitrogen and oxygen atoms in total. The third kappa shape index (κ3) is 4.86. The Hall–Kier alpha value is -1.32. The van der Waals surface area contributed by atoms with Crippen molar-refractivity contribution in [3.05, 3.63) is 22.7 Å². The summed E-state index contributed by atoms with van der Waals surface area (Å²) in [6.07, 6.45) is 0.428. The zero-order valence-electron chi connectivity index (χ0n) is 14.4.